The number of aromatic nitrogens is 3. The van der Waals surface area contributed by atoms with Crippen LogP contribution in [0.4, 0.5) is 0 Å². The molecule has 0 radical (unpaired) electrons. The lowest BCUT2D eigenvalue weighted by atomic mass is 9.84. The molecule has 0 bridgehead atoms. The minimum absolute atomic E-state index is 0.00223. The number of esters is 1. The van der Waals surface area contributed by atoms with Gasteiger partial charge in [-0.15, -0.1) is 11.3 Å². The molecule has 4 heterocycles. The molecule has 0 spiro atoms. The number of hydrogen-bond donors (Lipinski definition) is 1. The zero-order valence-electron chi connectivity index (χ0n) is 15.8. The predicted octanol–water partition coefficient (Wildman–Crippen LogP) is 0.301. The molecule has 4 rings (SSSR count). The van der Waals surface area contributed by atoms with Gasteiger partial charge in [-0.2, -0.15) is 5.26 Å². The molecule has 1 atom stereocenters. The Morgan fingerprint density at radius 3 is 2.47 bits per heavy atom. The summed E-state index contributed by atoms with van der Waals surface area (Å²) < 4.78 is 6.92. The van der Waals surface area contributed by atoms with E-state index < -0.39 is 17.4 Å². The van der Waals surface area contributed by atoms with Crippen LogP contribution in [0.1, 0.15) is 17.0 Å². The first-order valence-electron chi connectivity index (χ1n) is 8.83. The molecular weight excluding hydrogens is 402 g/mol. The lowest BCUT2D eigenvalue weighted by Crippen LogP contribution is -2.40. The Balaban J connectivity index is 2.12. The topological polar surface area (TPSA) is 124 Å². The number of hydrogen-bond acceptors (Lipinski definition) is 8. The molecule has 3 aromatic rings. The van der Waals surface area contributed by atoms with E-state index >= 15 is 0 Å². The molecule has 0 fully saturated rings. The van der Waals surface area contributed by atoms with Crippen LogP contribution in [-0.2, 0) is 9.53 Å². The van der Waals surface area contributed by atoms with Crippen molar-refractivity contribution in [2.45, 2.75) is 5.92 Å². The Morgan fingerprint density at radius 2 is 1.87 bits per heavy atom. The van der Waals surface area contributed by atoms with Crippen LogP contribution in [0.5, 0.6) is 0 Å². The van der Waals surface area contributed by atoms with Gasteiger partial charge in [-0.05, 0) is 41.5 Å². The van der Waals surface area contributed by atoms with Gasteiger partial charge in [0.15, 0.2) is 0 Å². The summed E-state index contributed by atoms with van der Waals surface area (Å²) in [5, 5.41) is 9.83. The number of allylic oxidation sites excluding steroid dienone is 1. The molecule has 1 unspecified atom stereocenters. The van der Waals surface area contributed by atoms with Gasteiger partial charge in [0.05, 0.1) is 34.8 Å². The monoisotopic (exact) mass is 417 g/mol. The van der Waals surface area contributed by atoms with E-state index in [4.69, 9.17) is 10.5 Å². The van der Waals surface area contributed by atoms with Crippen molar-refractivity contribution in [1.82, 2.24) is 14.5 Å². The van der Waals surface area contributed by atoms with Crippen LogP contribution in [0.15, 0.2) is 59.4 Å². The Labute approximate surface area is 174 Å². The number of carbonyl (C=O) groups is 1. The highest BCUT2D eigenvalue weighted by Crippen LogP contribution is 2.36. The van der Waals surface area contributed by atoms with Gasteiger partial charge in [-0.3, -0.25) is 19.3 Å². The molecule has 3 aromatic heterocycles. The largest absolute Gasteiger partial charge is 0.466 e. The molecule has 0 aromatic carbocycles. The quantitative estimate of drug-likeness (QED) is 0.608. The summed E-state index contributed by atoms with van der Waals surface area (Å²) in [6.45, 7) is 0. The van der Waals surface area contributed by atoms with Crippen molar-refractivity contribution in [3.8, 4) is 6.07 Å². The van der Waals surface area contributed by atoms with E-state index in [1.54, 1.807) is 55.1 Å². The normalized spacial score (nSPS) is 16.2. The van der Waals surface area contributed by atoms with E-state index in [0.717, 1.165) is 16.9 Å². The second-order valence-electron chi connectivity index (χ2n) is 6.37. The maximum absolute atomic E-state index is 13.1. The summed E-state index contributed by atoms with van der Waals surface area (Å²) in [4.78, 5) is 33.9. The van der Waals surface area contributed by atoms with Gasteiger partial charge >= 0.3 is 5.97 Å². The maximum Gasteiger partial charge on any atom is 0.337 e. The summed E-state index contributed by atoms with van der Waals surface area (Å²) >= 11 is 1.12. The first-order valence-corrected chi connectivity index (χ1v) is 9.64. The number of methoxy groups -OCH3 is 1. The van der Waals surface area contributed by atoms with Crippen LogP contribution < -0.4 is 20.5 Å². The van der Waals surface area contributed by atoms with Crippen molar-refractivity contribution in [3.63, 3.8) is 0 Å². The number of nitrogens with two attached hydrogens (primary N) is 1. The number of carbonyl (C=O) groups excluding carboxylic acids is 1. The highest BCUT2D eigenvalue weighted by Gasteiger charge is 2.36. The summed E-state index contributed by atoms with van der Waals surface area (Å²) in [6.07, 6.45) is 8.05. The van der Waals surface area contributed by atoms with E-state index in [1.165, 1.54) is 11.7 Å². The molecule has 0 aliphatic carbocycles. The third-order valence-electron chi connectivity index (χ3n) is 4.72. The SMILES string of the molecule is COC(=O)C1=c2sc(=Cc3ccncc3)c(=O)n2C(N)=C(C#N)C1c1ccncc1. The van der Waals surface area contributed by atoms with Crippen LogP contribution in [0.3, 0.4) is 0 Å². The summed E-state index contributed by atoms with van der Waals surface area (Å²) in [5.41, 5.74) is 7.56. The summed E-state index contributed by atoms with van der Waals surface area (Å²) in [5.74, 6) is -1.41. The van der Waals surface area contributed by atoms with Crippen LogP contribution in [0.2, 0.25) is 0 Å². The van der Waals surface area contributed by atoms with Gasteiger partial charge in [-0.25, -0.2) is 4.79 Å². The summed E-state index contributed by atoms with van der Waals surface area (Å²) in [7, 11) is 1.26. The van der Waals surface area contributed by atoms with E-state index in [9.17, 15) is 14.9 Å². The van der Waals surface area contributed by atoms with Crippen LogP contribution in [-0.4, -0.2) is 27.6 Å². The van der Waals surface area contributed by atoms with E-state index in [1.807, 2.05) is 0 Å². The minimum Gasteiger partial charge on any atom is -0.466 e. The number of nitrogens with zero attached hydrogens (tertiary/aromatic N) is 4. The van der Waals surface area contributed by atoms with Crippen LogP contribution in [0, 0.1) is 11.3 Å². The number of fused-ring (bicyclic) bond motifs is 1. The Morgan fingerprint density at radius 1 is 1.23 bits per heavy atom. The van der Waals surface area contributed by atoms with Gasteiger partial charge in [-0.1, -0.05) is 0 Å². The van der Waals surface area contributed by atoms with E-state index in [-0.39, 0.29) is 17.0 Å². The fourth-order valence-corrected chi connectivity index (χ4v) is 4.52. The maximum atomic E-state index is 13.1. The molecule has 0 saturated heterocycles. The van der Waals surface area contributed by atoms with E-state index in [2.05, 4.69) is 16.0 Å². The van der Waals surface area contributed by atoms with E-state index in [0.29, 0.717) is 14.8 Å². The van der Waals surface area contributed by atoms with Crippen molar-refractivity contribution in [1.29, 1.82) is 5.26 Å². The Bertz CT molecular complexity index is 1380. The van der Waals surface area contributed by atoms with Crippen molar-refractivity contribution >= 4 is 34.8 Å². The Kier molecular flexibility index (Phi) is 5.00. The fourth-order valence-electron chi connectivity index (χ4n) is 3.35. The number of pyridine rings is 2. The number of nitriles is 1. The molecule has 30 heavy (non-hydrogen) atoms. The molecule has 1 aliphatic heterocycles. The zero-order chi connectivity index (χ0) is 21.3. The average Bonchev–Trinajstić information content (AvgIpc) is 3.10. The molecule has 2 N–H and O–H groups in total. The van der Waals surface area contributed by atoms with Crippen molar-refractivity contribution in [2.75, 3.05) is 7.11 Å². The fraction of sp³-hybridized carbons (Fsp3) is 0.0952. The first kappa shape index (κ1) is 19.3. The second-order valence-corrected chi connectivity index (χ2v) is 7.40. The van der Waals surface area contributed by atoms with Crippen molar-refractivity contribution in [3.05, 3.63) is 85.3 Å². The average molecular weight is 417 g/mol. The molecule has 8 nitrogen and oxygen atoms in total. The molecule has 0 amide bonds. The second kappa shape index (κ2) is 7.77. The lowest BCUT2D eigenvalue weighted by molar-refractivity contribution is -0.134. The third-order valence-corrected chi connectivity index (χ3v) is 5.83. The highest BCUT2D eigenvalue weighted by atomic mass is 32.1. The van der Waals surface area contributed by atoms with Gasteiger partial charge in [0, 0.05) is 24.8 Å². The van der Waals surface area contributed by atoms with Crippen LogP contribution >= 0.6 is 11.3 Å². The van der Waals surface area contributed by atoms with Gasteiger partial charge in [0.1, 0.15) is 10.5 Å². The number of ether oxygens (including phenoxy) is 1. The van der Waals surface area contributed by atoms with Gasteiger partial charge < -0.3 is 10.5 Å². The molecule has 148 valence electrons. The first-order chi connectivity index (χ1) is 14.6. The Hall–Kier alpha value is -4.03. The van der Waals surface area contributed by atoms with Crippen LogP contribution in [0.25, 0.3) is 17.5 Å². The predicted molar refractivity (Wildman–Crippen MR) is 111 cm³/mol. The van der Waals surface area contributed by atoms with Crippen molar-refractivity contribution in [2.24, 2.45) is 5.73 Å². The third kappa shape index (κ3) is 3.09. The smallest absolute Gasteiger partial charge is 0.337 e. The molecule has 0 saturated carbocycles. The minimum atomic E-state index is -0.766. The number of thiazole rings is 1. The lowest BCUT2D eigenvalue weighted by Gasteiger charge is -2.24. The molecule has 1 aliphatic rings. The highest BCUT2D eigenvalue weighted by molar-refractivity contribution is 7.07. The number of rotatable bonds is 3. The van der Waals surface area contributed by atoms with Crippen molar-refractivity contribution < 1.29 is 9.53 Å². The zero-order valence-corrected chi connectivity index (χ0v) is 16.6. The standard InChI is InChI=1S/C21H15N5O3S/c1-29-21(28)17-16(13-4-8-25-9-5-13)14(11-22)18(23)26-19(27)15(30-20(17)26)10-12-2-6-24-7-3-12/h2-10,16H,23H2,1H3. The summed E-state index contributed by atoms with van der Waals surface area (Å²) in [6, 6.07) is 8.98. The van der Waals surface area contributed by atoms with Gasteiger partial charge in [0.25, 0.3) is 5.56 Å². The van der Waals surface area contributed by atoms with Gasteiger partial charge in [0.2, 0.25) is 0 Å². The molecule has 9 heteroatoms. The molecular formula is C21H15N5O3S.